The van der Waals surface area contributed by atoms with Crippen LogP contribution < -0.4 is 25.0 Å². The summed E-state index contributed by atoms with van der Waals surface area (Å²) in [5.74, 6) is -1.24. The Morgan fingerprint density at radius 1 is 0.974 bits per heavy atom. The van der Waals surface area contributed by atoms with Crippen molar-refractivity contribution in [3.8, 4) is 11.5 Å². The van der Waals surface area contributed by atoms with Crippen LogP contribution in [0, 0.1) is 24.3 Å². The minimum Gasteiger partial charge on any atom is -0.493 e. The fourth-order valence-corrected chi connectivity index (χ4v) is 4.85. The molecule has 200 valence electrons. The zero-order valence-corrected chi connectivity index (χ0v) is 23.9. The summed E-state index contributed by atoms with van der Waals surface area (Å²) in [6, 6.07) is 15.2. The average Bonchev–Trinajstić information content (AvgIpc) is 2.86. The van der Waals surface area contributed by atoms with Crippen LogP contribution >= 0.6 is 22.6 Å². The van der Waals surface area contributed by atoms with Crippen LogP contribution in [0.1, 0.15) is 22.3 Å². The third-order valence-corrected chi connectivity index (χ3v) is 6.61. The van der Waals surface area contributed by atoms with Gasteiger partial charge in [-0.05, 0) is 103 Å². The standard InChI is InChI=1S/C29H26IN3O6/c1-16-5-7-20(8-6-16)31-25(34)15-39-26-23(30)13-19(14-24(26)38-4)12-22-27(35)32-29(37)33(28(22)36)21-10-17(2)9-18(3)11-21/h5-14H,15H2,1-4H3,(H,31,34)(H,32,35,37)/b22-12+. The number of ether oxygens (including phenoxy) is 2. The van der Waals surface area contributed by atoms with Gasteiger partial charge < -0.3 is 14.8 Å². The Kier molecular flexibility index (Phi) is 8.34. The molecule has 1 aliphatic heterocycles. The molecular formula is C29H26IN3O6. The summed E-state index contributed by atoms with van der Waals surface area (Å²) in [4.78, 5) is 51.8. The number of halogens is 1. The first-order valence-corrected chi connectivity index (χ1v) is 13.0. The van der Waals surface area contributed by atoms with Gasteiger partial charge in [0.25, 0.3) is 17.7 Å². The number of carbonyl (C=O) groups is 4. The number of imide groups is 2. The molecule has 10 heteroatoms. The molecule has 1 heterocycles. The van der Waals surface area contributed by atoms with Crippen molar-refractivity contribution in [3.63, 3.8) is 0 Å². The van der Waals surface area contributed by atoms with Gasteiger partial charge in [0, 0.05) is 5.69 Å². The maximum Gasteiger partial charge on any atom is 0.335 e. The van der Waals surface area contributed by atoms with Crippen LogP contribution in [0.2, 0.25) is 0 Å². The smallest absolute Gasteiger partial charge is 0.335 e. The third kappa shape index (κ3) is 6.45. The number of amides is 5. The molecule has 0 spiro atoms. The summed E-state index contributed by atoms with van der Waals surface area (Å²) in [7, 11) is 1.44. The van der Waals surface area contributed by atoms with Gasteiger partial charge >= 0.3 is 6.03 Å². The number of nitrogens with one attached hydrogen (secondary N) is 2. The molecule has 0 aliphatic carbocycles. The van der Waals surface area contributed by atoms with Crippen molar-refractivity contribution < 1.29 is 28.7 Å². The van der Waals surface area contributed by atoms with Gasteiger partial charge in [-0.3, -0.25) is 19.7 Å². The number of urea groups is 1. The lowest BCUT2D eigenvalue weighted by Crippen LogP contribution is -2.54. The van der Waals surface area contributed by atoms with Crippen molar-refractivity contribution in [2.24, 2.45) is 0 Å². The largest absolute Gasteiger partial charge is 0.493 e. The Hall–Kier alpha value is -4.19. The summed E-state index contributed by atoms with van der Waals surface area (Å²) in [6.45, 7) is 5.41. The maximum atomic E-state index is 13.3. The Morgan fingerprint density at radius 3 is 2.28 bits per heavy atom. The van der Waals surface area contributed by atoms with Crippen LogP contribution in [0.25, 0.3) is 6.08 Å². The van der Waals surface area contributed by atoms with Crippen LogP contribution in [0.4, 0.5) is 16.2 Å². The van der Waals surface area contributed by atoms with E-state index in [0.29, 0.717) is 32.0 Å². The first kappa shape index (κ1) is 27.8. The minimum absolute atomic E-state index is 0.210. The van der Waals surface area contributed by atoms with Gasteiger partial charge in [-0.15, -0.1) is 0 Å². The Balaban J connectivity index is 1.57. The summed E-state index contributed by atoms with van der Waals surface area (Å²) >= 11 is 2.02. The van der Waals surface area contributed by atoms with Gasteiger partial charge in [0.15, 0.2) is 18.1 Å². The zero-order valence-electron chi connectivity index (χ0n) is 21.8. The SMILES string of the molecule is COc1cc(/C=C2\C(=O)NC(=O)N(c3cc(C)cc(C)c3)C2=O)cc(I)c1OCC(=O)Nc1ccc(C)cc1. The van der Waals surface area contributed by atoms with Gasteiger partial charge in [-0.2, -0.15) is 0 Å². The van der Waals surface area contributed by atoms with E-state index in [1.807, 2.05) is 61.6 Å². The van der Waals surface area contributed by atoms with Crippen molar-refractivity contribution in [1.29, 1.82) is 0 Å². The second kappa shape index (κ2) is 11.7. The van der Waals surface area contributed by atoms with E-state index in [2.05, 4.69) is 10.6 Å². The molecular weight excluding hydrogens is 613 g/mol. The molecule has 0 saturated carbocycles. The molecule has 0 unspecified atom stereocenters. The normalized spacial score (nSPS) is 14.3. The van der Waals surface area contributed by atoms with Gasteiger partial charge in [-0.25, -0.2) is 9.69 Å². The van der Waals surface area contributed by atoms with Crippen LogP contribution in [0.5, 0.6) is 11.5 Å². The number of carbonyl (C=O) groups excluding carboxylic acids is 4. The molecule has 9 nitrogen and oxygen atoms in total. The lowest BCUT2D eigenvalue weighted by atomic mass is 10.0. The second-order valence-corrected chi connectivity index (χ2v) is 10.2. The number of hydrogen-bond acceptors (Lipinski definition) is 6. The predicted octanol–water partition coefficient (Wildman–Crippen LogP) is 4.91. The zero-order chi connectivity index (χ0) is 28.3. The molecule has 4 rings (SSSR count). The first-order chi connectivity index (χ1) is 18.5. The highest BCUT2D eigenvalue weighted by Crippen LogP contribution is 2.35. The topological polar surface area (TPSA) is 114 Å². The third-order valence-electron chi connectivity index (χ3n) is 5.81. The first-order valence-electron chi connectivity index (χ1n) is 11.9. The molecule has 1 saturated heterocycles. The number of aryl methyl sites for hydroxylation is 3. The number of hydrogen-bond donors (Lipinski definition) is 2. The van der Waals surface area contributed by atoms with E-state index >= 15 is 0 Å². The molecule has 3 aromatic carbocycles. The molecule has 1 fully saturated rings. The van der Waals surface area contributed by atoms with Gasteiger partial charge in [-0.1, -0.05) is 23.8 Å². The van der Waals surface area contributed by atoms with Gasteiger partial charge in [0.1, 0.15) is 5.57 Å². The summed E-state index contributed by atoms with van der Waals surface area (Å²) in [5, 5.41) is 5.00. The molecule has 39 heavy (non-hydrogen) atoms. The summed E-state index contributed by atoms with van der Waals surface area (Å²) in [6.07, 6.45) is 1.39. The average molecular weight is 639 g/mol. The monoisotopic (exact) mass is 639 g/mol. The predicted molar refractivity (Wildman–Crippen MR) is 156 cm³/mol. The fourth-order valence-electron chi connectivity index (χ4n) is 4.07. The lowest BCUT2D eigenvalue weighted by molar-refractivity contribution is -0.122. The molecule has 0 radical (unpaired) electrons. The highest BCUT2D eigenvalue weighted by atomic mass is 127. The van der Waals surface area contributed by atoms with E-state index in [4.69, 9.17) is 9.47 Å². The van der Waals surface area contributed by atoms with Crippen molar-refractivity contribution in [1.82, 2.24) is 5.32 Å². The molecule has 3 aromatic rings. The Labute approximate surface area is 239 Å². The number of nitrogens with zero attached hydrogens (tertiary/aromatic N) is 1. The minimum atomic E-state index is -0.813. The molecule has 0 aromatic heterocycles. The van der Waals surface area contributed by atoms with Crippen LogP contribution in [-0.2, 0) is 14.4 Å². The van der Waals surface area contributed by atoms with Crippen LogP contribution in [0.15, 0.2) is 60.2 Å². The molecule has 2 N–H and O–H groups in total. The van der Waals surface area contributed by atoms with Crippen LogP contribution in [-0.4, -0.2) is 37.5 Å². The van der Waals surface area contributed by atoms with Gasteiger partial charge in [0.05, 0.1) is 16.4 Å². The number of benzene rings is 3. The Morgan fingerprint density at radius 2 is 1.64 bits per heavy atom. The number of methoxy groups -OCH3 is 1. The number of anilines is 2. The quantitative estimate of drug-likeness (QED) is 0.216. The van der Waals surface area contributed by atoms with E-state index in [-0.39, 0.29) is 18.1 Å². The van der Waals surface area contributed by atoms with Crippen molar-refractivity contribution in [2.75, 3.05) is 23.9 Å². The lowest BCUT2D eigenvalue weighted by Gasteiger charge is -2.27. The van der Waals surface area contributed by atoms with E-state index in [0.717, 1.165) is 21.6 Å². The summed E-state index contributed by atoms with van der Waals surface area (Å²) < 4.78 is 11.8. The van der Waals surface area contributed by atoms with E-state index in [1.165, 1.54) is 13.2 Å². The van der Waals surface area contributed by atoms with Crippen molar-refractivity contribution in [3.05, 3.63) is 86.0 Å². The molecule has 0 atom stereocenters. The molecule has 5 amide bonds. The fraction of sp³-hybridized carbons (Fsp3) is 0.172. The Bertz CT molecular complexity index is 1490. The van der Waals surface area contributed by atoms with E-state index < -0.39 is 17.8 Å². The highest BCUT2D eigenvalue weighted by molar-refractivity contribution is 14.1. The van der Waals surface area contributed by atoms with Gasteiger partial charge in [0.2, 0.25) is 0 Å². The van der Waals surface area contributed by atoms with Crippen molar-refractivity contribution >= 4 is 63.8 Å². The highest BCUT2D eigenvalue weighted by Gasteiger charge is 2.37. The molecule has 1 aliphatic rings. The summed E-state index contributed by atoms with van der Waals surface area (Å²) in [5.41, 5.74) is 4.11. The molecule has 0 bridgehead atoms. The number of barbiturate groups is 1. The van der Waals surface area contributed by atoms with E-state index in [1.54, 1.807) is 36.4 Å². The van der Waals surface area contributed by atoms with Crippen LogP contribution in [0.3, 0.4) is 0 Å². The maximum absolute atomic E-state index is 13.3. The number of rotatable bonds is 7. The second-order valence-electron chi connectivity index (χ2n) is 9.04. The van der Waals surface area contributed by atoms with Crippen molar-refractivity contribution in [2.45, 2.75) is 20.8 Å². The van der Waals surface area contributed by atoms with E-state index in [9.17, 15) is 19.2 Å².